The zero-order chi connectivity index (χ0) is 40.0. The van der Waals surface area contributed by atoms with Crippen molar-refractivity contribution >= 4 is 5.97 Å². The number of nitrogens with one attached hydrogen (secondary N) is 1. The number of halogens is 1. The van der Waals surface area contributed by atoms with Gasteiger partial charge in [0.05, 0.1) is 46.6 Å². The van der Waals surface area contributed by atoms with Gasteiger partial charge in [-0.1, -0.05) is 24.3 Å². The number of hydrogen-bond donors (Lipinski definition) is 2. The lowest BCUT2D eigenvalue weighted by Crippen LogP contribution is -2.04. The number of ether oxygens (including phenoxy) is 3. The molecule has 9 rings (SSSR count). The van der Waals surface area contributed by atoms with Gasteiger partial charge in [0.2, 0.25) is 6.79 Å². The van der Waals surface area contributed by atoms with Crippen LogP contribution >= 0.6 is 0 Å². The molecule has 0 unspecified atom stereocenters. The van der Waals surface area contributed by atoms with Crippen LogP contribution < -0.4 is 9.47 Å². The summed E-state index contributed by atoms with van der Waals surface area (Å²) in [7, 11) is 0. The van der Waals surface area contributed by atoms with Crippen LogP contribution in [0.2, 0.25) is 0 Å². The number of aromatic nitrogens is 6. The van der Waals surface area contributed by atoms with Gasteiger partial charge in [-0.15, -0.1) is 0 Å². The van der Waals surface area contributed by atoms with Gasteiger partial charge in [-0.3, -0.25) is 9.97 Å². The molecule has 0 aliphatic carbocycles. The summed E-state index contributed by atoms with van der Waals surface area (Å²) in [6, 6.07) is 38.8. The summed E-state index contributed by atoms with van der Waals surface area (Å²) < 4.78 is 30.3. The van der Waals surface area contributed by atoms with Crippen LogP contribution in [0.5, 0.6) is 11.5 Å². The first-order valence-electron chi connectivity index (χ1n) is 18.1. The van der Waals surface area contributed by atoms with E-state index >= 15 is 0 Å². The van der Waals surface area contributed by atoms with Gasteiger partial charge < -0.3 is 24.4 Å². The number of rotatable bonds is 8. The average molecular weight is 770 g/mol. The standard InChI is InChI=1S/C23H18FN3O2.C22H14N4O3/c1-2-29-23(28)17-8-6-16(7-9-17)22-26-20(15-10-12-18(24)13-11-15)21(27-22)19-5-3-4-14-25-19;23-12-14-4-6-15(7-5-14)22-25-20(16-8-9-18-19(11-16)29-13-28-18)21(26(22)27)17-3-1-2-10-24-17/h3-14H,2H2,1H3,(H,26,27);1-11,27H,13H2. The summed E-state index contributed by atoms with van der Waals surface area (Å²) >= 11 is 0. The number of fused-ring (bicyclic) bond motifs is 1. The Labute approximate surface area is 331 Å². The summed E-state index contributed by atoms with van der Waals surface area (Å²) in [4.78, 5) is 33.4. The number of hydrogen-bond acceptors (Lipinski definition) is 10. The first-order valence-corrected chi connectivity index (χ1v) is 18.1. The SMILES string of the molecule is CCOC(=O)c1ccc(-c2nc(-c3ccc(F)cc3)c(-c3ccccn3)[nH]2)cc1.N#Cc1ccc(-c2nc(-c3ccc4c(c3)OCO4)c(-c3ccccn3)n2O)cc1. The molecule has 8 aromatic rings. The van der Waals surface area contributed by atoms with Gasteiger partial charge in [0.15, 0.2) is 17.3 Å². The third kappa shape index (κ3) is 7.58. The predicted molar refractivity (Wildman–Crippen MR) is 213 cm³/mol. The van der Waals surface area contributed by atoms with Crippen molar-refractivity contribution in [1.82, 2.24) is 29.7 Å². The fourth-order valence-corrected chi connectivity index (χ4v) is 6.27. The number of aromatic amines is 1. The molecule has 5 heterocycles. The van der Waals surface area contributed by atoms with Crippen LogP contribution in [0.1, 0.15) is 22.8 Å². The van der Waals surface area contributed by atoms with Crippen molar-refractivity contribution in [3.05, 3.63) is 157 Å². The maximum absolute atomic E-state index is 13.4. The number of carbonyl (C=O) groups excluding carboxylic acids is 1. The average Bonchev–Trinajstić information content (AvgIpc) is 4.02. The molecule has 0 saturated carbocycles. The van der Waals surface area contributed by atoms with Crippen LogP contribution in [-0.2, 0) is 4.74 Å². The van der Waals surface area contributed by atoms with Crippen molar-refractivity contribution in [2.75, 3.05) is 13.4 Å². The second kappa shape index (κ2) is 16.3. The molecule has 0 atom stereocenters. The van der Waals surface area contributed by atoms with Crippen LogP contribution in [0.25, 0.3) is 68.1 Å². The van der Waals surface area contributed by atoms with Crippen molar-refractivity contribution < 1.29 is 28.6 Å². The summed E-state index contributed by atoms with van der Waals surface area (Å²) in [6.07, 6.45) is 3.37. The number of benzene rings is 4. The fourth-order valence-electron chi connectivity index (χ4n) is 6.27. The highest BCUT2D eigenvalue weighted by atomic mass is 19.1. The molecule has 2 N–H and O–H groups in total. The Morgan fingerprint density at radius 2 is 1.45 bits per heavy atom. The van der Waals surface area contributed by atoms with Crippen molar-refractivity contribution in [1.29, 1.82) is 5.26 Å². The van der Waals surface area contributed by atoms with E-state index in [1.165, 1.54) is 12.1 Å². The second-order valence-corrected chi connectivity index (χ2v) is 12.7. The third-order valence-electron chi connectivity index (χ3n) is 9.09. The lowest BCUT2D eigenvalue weighted by atomic mass is 10.1. The van der Waals surface area contributed by atoms with Crippen LogP contribution in [0.15, 0.2) is 140 Å². The Hall–Kier alpha value is -8.11. The minimum atomic E-state index is -0.361. The number of esters is 1. The van der Waals surface area contributed by atoms with E-state index in [1.807, 2.05) is 66.7 Å². The van der Waals surface area contributed by atoms with Gasteiger partial charge in [-0.05, 0) is 110 Å². The van der Waals surface area contributed by atoms with E-state index in [2.05, 4.69) is 21.0 Å². The molecule has 1 aliphatic rings. The minimum Gasteiger partial charge on any atom is -0.462 e. The molecule has 12 nitrogen and oxygen atoms in total. The molecule has 0 fully saturated rings. The highest BCUT2D eigenvalue weighted by Gasteiger charge is 2.24. The van der Waals surface area contributed by atoms with Crippen LogP contribution in [-0.4, -0.2) is 54.2 Å². The molecule has 0 spiro atoms. The van der Waals surface area contributed by atoms with Crippen molar-refractivity contribution in [3.63, 3.8) is 0 Å². The molecule has 0 saturated heterocycles. The quantitative estimate of drug-likeness (QED) is 0.113. The van der Waals surface area contributed by atoms with E-state index in [4.69, 9.17) is 29.4 Å². The fraction of sp³-hybridized carbons (Fsp3) is 0.0667. The van der Waals surface area contributed by atoms with Crippen molar-refractivity contribution in [2.45, 2.75) is 6.92 Å². The van der Waals surface area contributed by atoms with E-state index in [0.29, 0.717) is 69.2 Å². The molecule has 284 valence electrons. The topological polar surface area (TPSA) is 161 Å². The summed E-state index contributed by atoms with van der Waals surface area (Å²) in [6.45, 7) is 2.27. The lowest BCUT2D eigenvalue weighted by molar-refractivity contribution is 0.0526. The highest BCUT2D eigenvalue weighted by Crippen LogP contribution is 2.40. The molecule has 0 radical (unpaired) electrons. The number of pyridine rings is 2. The van der Waals surface area contributed by atoms with Crippen LogP contribution in [0.3, 0.4) is 0 Å². The Morgan fingerprint density at radius 1 is 0.793 bits per heavy atom. The Morgan fingerprint density at radius 3 is 2.12 bits per heavy atom. The maximum atomic E-state index is 13.4. The largest absolute Gasteiger partial charge is 0.462 e. The zero-order valence-corrected chi connectivity index (χ0v) is 30.8. The smallest absolute Gasteiger partial charge is 0.338 e. The van der Waals surface area contributed by atoms with E-state index in [1.54, 1.807) is 67.8 Å². The van der Waals surface area contributed by atoms with Crippen LogP contribution in [0.4, 0.5) is 4.39 Å². The Kier molecular flexibility index (Phi) is 10.4. The number of imidazole rings is 2. The predicted octanol–water partition coefficient (Wildman–Crippen LogP) is 9.24. The zero-order valence-electron chi connectivity index (χ0n) is 30.8. The minimum absolute atomic E-state index is 0.177. The molecular weight excluding hydrogens is 738 g/mol. The summed E-state index contributed by atoms with van der Waals surface area (Å²) in [5.41, 5.74) is 7.78. The van der Waals surface area contributed by atoms with Gasteiger partial charge >= 0.3 is 5.97 Å². The third-order valence-corrected chi connectivity index (χ3v) is 9.09. The maximum Gasteiger partial charge on any atom is 0.338 e. The molecule has 58 heavy (non-hydrogen) atoms. The number of H-pyrrole nitrogens is 1. The van der Waals surface area contributed by atoms with Gasteiger partial charge in [0.25, 0.3) is 0 Å². The Balaban J connectivity index is 0.000000162. The molecule has 0 amide bonds. The highest BCUT2D eigenvalue weighted by molar-refractivity contribution is 5.90. The van der Waals surface area contributed by atoms with E-state index < -0.39 is 0 Å². The van der Waals surface area contributed by atoms with Gasteiger partial charge in [-0.25, -0.2) is 19.2 Å². The summed E-state index contributed by atoms with van der Waals surface area (Å²) in [5.74, 6) is 1.60. The number of carbonyl (C=O) groups is 1. The molecule has 1 aliphatic heterocycles. The molecule has 0 bridgehead atoms. The lowest BCUT2D eigenvalue weighted by Gasteiger charge is -2.06. The summed E-state index contributed by atoms with van der Waals surface area (Å²) in [5, 5.41) is 20.0. The second-order valence-electron chi connectivity index (χ2n) is 12.7. The van der Waals surface area contributed by atoms with Crippen molar-refractivity contribution in [3.8, 4) is 85.6 Å². The molecule has 13 heteroatoms. The number of nitriles is 1. The van der Waals surface area contributed by atoms with Gasteiger partial charge in [0.1, 0.15) is 23.0 Å². The first kappa shape index (κ1) is 36.8. The first-order chi connectivity index (χ1) is 28.4. The molecule has 4 aromatic carbocycles. The van der Waals surface area contributed by atoms with Gasteiger partial charge in [-0.2, -0.15) is 9.99 Å². The normalized spacial score (nSPS) is 11.3. The molecular formula is C45H32FN7O5. The number of nitrogens with zero attached hydrogens (tertiary/aromatic N) is 6. The van der Waals surface area contributed by atoms with Gasteiger partial charge in [0, 0.05) is 34.6 Å². The monoisotopic (exact) mass is 769 g/mol. The van der Waals surface area contributed by atoms with E-state index in [9.17, 15) is 14.4 Å². The Bertz CT molecular complexity index is 2750. The van der Waals surface area contributed by atoms with Crippen molar-refractivity contribution in [2.24, 2.45) is 0 Å². The van der Waals surface area contributed by atoms with Crippen LogP contribution in [0, 0.1) is 17.1 Å². The molecule has 4 aromatic heterocycles. The van der Waals surface area contributed by atoms with E-state index in [0.717, 1.165) is 32.8 Å². The van der Waals surface area contributed by atoms with E-state index in [-0.39, 0.29) is 18.6 Å².